The lowest BCUT2D eigenvalue weighted by molar-refractivity contribution is -0.0470. The molecule has 0 spiro atoms. The van der Waals surface area contributed by atoms with E-state index in [1.165, 1.54) is 6.33 Å². The molecule has 1 N–H and O–H groups in total. The van der Waals surface area contributed by atoms with Gasteiger partial charge in [-0.1, -0.05) is 62.3 Å². The highest BCUT2D eigenvalue weighted by molar-refractivity contribution is 6.75. The summed E-state index contributed by atoms with van der Waals surface area (Å²) in [6.45, 7) is 34.4. The summed E-state index contributed by atoms with van der Waals surface area (Å²) in [7, 11) is -5.13. The third-order valence-corrected chi connectivity index (χ3v) is 23.9. The van der Waals surface area contributed by atoms with Crippen molar-refractivity contribution in [1.29, 1.82) is 0 Å². The van der Waals surface area contributed by atoms with Gasteiger partial charge in [0.2, 0.25) is 0 Å². The minimum atomic E-state index is -2.31. The zero-order valence-electron chi connectivity index (χ0n) is 30.2. The number of methoxy groups -OCH3 is 1. The van der Waals surface area contributed by atoms with E-state index in [1.807, 2.05) is 4.57 Å². The topological polar surface area (TPSA) is 110 Å². The monoisotopic (exact) mass is 668 g/mol. The molecule has 0 amide bonds. The van der Waals surface area contributed by atoms with Gasteiger partial charge in [-0.05, 0) is 54.4 Å². The maximum absolute atomic E-state index is 10.7. The van der Waals surface area contributed by atoms with Gasteiger partial charge in [0.05, 0.1) is 19.5 Å². The Morgan fingerprint density at radius 1 is 0.818 bits per heavy atom. The molecule has 13 heteroatoms. The van der Waals surface area contributed by atoms with Crippen LogP contribution in [-0.4, -0.2) is 88.2 Å². The standard InChI is InChI=1S/C31H60N4O6Si3/c1-29(2,3)42(11,12)38-18-22-25(40-43(13,14)30(4,5)6)26(41-44(15,16)31(7,8)9)28(39-22)35-20-34-24-23(21(36)17-37-10)32-19-33-27(24)35/h19-22,25-26,28,36H,17-18H2,1-16H3/t21?,22-,25-,26-,28-/m1/s1. The number of aromatic nitrogens is 4. The minimum absolute atomic E-state index is 0.0151. The fourth-order valence-corrected chi connectivity index (χ4v) is 8.03. The van der Waals surface area contributed by atoms with Crippen molar-refractivity contribution in [3.05, 3.63) is 18.3 Å². The molecule has 2 aromatic heterocycles. The van der Waals surface area contributed by atoms with E-state index in [0.29, 0.717) is 23.5 Å². The Kier molecular flexibility index (Phi) is 10.9. The first-order chi connectivity index (χ1) is 19.8. The molecule has 1 saturated heterocycles. The van der Waals surface area contributed by atoms with Crippen LogP contribution in [0.4, 0.5) is 0 Å². The molecule has 1 unspecified atom stereocenters. The second kappa shape index (κ2) is 12.9. The number of hydrogen-bond donors (Lipinski definition) is 1. The largest absolute Gasteiger partial charge is 0.414 e. The summed E-state index contributed by atoms with van der Waals surface area (Å²) in [5.41, 5.74) is 1.49. The smallest absolute Gasteiger partial charge is 0.192 e. The molecule has 252 valence electrons. The average Bonchev–Trinajstić information content (AvgIpc) is 3.42. The number of fused-ring (bicyclic) bond motifs is 1. The van der Waals surface area contributed by atoms with E-state index in [1.54, 1.807) is 13.4 Å². The summed E-state index contributed by atoms with van der Waals surface area (Å²) >= 11 is 0. The second-order valence-corrected chi connectivity index (χ2v) is 31.2. The summed E-state index contributed by atoms with van der Waals surface area (Å²) in [5, 5.41) is 10.7. The summed E-state index contributed by atoms with van der Waals surface area (Å²) in [4.78, 5) is 13.6. The molecule has 0 radical (unpaired) electrons. The molecule has 44 heavy (non-hydrogen) atoms. The van der Waals surface area contributed by atoms with Gasteiger partial charge in [0, 0.05) is 7.11 Å². The molecule has 0 bridgehead atoms. The third-order valence-electron chi connectivity index (χ3n) is 10.5. The Bertz CT molecular complexity index is 1270. The van der Waals surface area contributed by atoms with Crippen LogP contribution in [0.5, 0.6) is 0 Å². The van der Waals surface area contributed by atoms with Gasteiger partial charge in [-0.2, -0.15) is 0 Å². The van der Waals surface area contributed by atoms with E-state index in [0.717, 1.165) is 0 Å². The van der Waals surface area contributed by atoms with E-state index in [4.69, 9.17) is 22.8 Å². The molecule has 3 rings (SSSR count). The van der Waals surface area contributed by atoms with Crippen molar-refractivity contribution in [2.24, 2.45) is 0 Å². The van der Waals surface area contributed by atoms with Crippen LogP contribution in [0.3, 0.4) is 0 Å². The first kappa shape index (κ1) is 37.4. The van der Waals surface area contributed by atoms with Gasteiger partial charge in [-0.3, -0.25) is 4.57 Å². The van der Waals surface area contributed by atoms with Crippen molar-refractivity contribution < 1.29 is 27.9 Å². The highest BCUT2D eigenvalue weighted by Crippen LogP contribution is 2.47. The summed E-state index contributed by atoms with van der Waals surface area (Å²) in [6.07, 6.45) is 0.508. The molecule has 0 saturated carbocycles. The van der Waals surface area contributed by atoms with Gasteiger partial charge in [0.1, 0.15) is 42.0 Å². The van der Waals surface area contributed by atoms with E-state index >= 15 is 0 Å². The van der Waals surface area contributed by atoms with E-state index in [-0.39, 0.29) is 33.9 Å². The van der Waals surface area contributed by atoms with Crippen molar-refractivity contribution in [1.82, 2.24) is 19.5 Å². The number of nitrogens with zero attached hydrogens (tertiary/aromatic N) is 4. The Labute approximate surface area is 269 Å². The van der Waals surface area contributed by atoms with Crippen LogP contribution in [0.2, 0.25) is 54.4 Å². The zero-order chi connectivity index (χ0) is 33.7. The normalized spacial score (nSPS) is 23.5. The molecule has 5 atom stereocenters. The molecular formula is C31H60N4O6Si3. The van der Waals surface area contributed by atoms with Crippen LogP contribution in [0.15, 0.2) is 12.7 Å². The van der Waals surface area contributed by atoms with E-state index in [9.17, 15) is 5.11 Å². The molecule has 1 aliphatic heterocycles. The number of rotatable bonds is 11. The van der Waals surface area contributed by atoms with Crippen molar-refractivity contribution in [3.8, 4) is 0 Å². The SMILES string of the molecule is COCC(O)c1ncnc2c1ncn2[C@@H]1O[C@H](CO[Si](C)(C)C(C)(C)C)[C@@H](O[Si](C)(C)C(C)(C)C)[C@H]1O[Si](C)(C)C(C)(C)C. The average molecular weight is 669 g/mol. The lowest BCUT2D eigenvalue weighted by atomic mass is 10.1. The van der Waals surface area contributed by atoms with Gasteiger partial charge < -0.3 is 27.9 Å². The molecule has 3 heterocycles. The Morgan fingerprint density at radius 2 is 1.34 bits per heavy atom. The minimum Gasteiger partial charge on any atom is -0.414 e. The van der Waals surface area contributed by atoms with Crippen LogP contribution in [-0.2, 0) is 22.8 Å². The van der Waals surface area contributed by atoms with Crippen LogP contribution < -0.4 is 0 Å². The quantitative estimate of drug-likeness (QED) is 0.249. The number of hydrogen-bond acceptors (Lipinski definition) is 9. The lowest BCUT2D eigenvalue weighted by Crippen LogP contribution is -2.54. The maximum Gasteiger partial charge on any atom is 0.192 e. The second-order valence-electron chi connectivity index (χ2n) is 16.9. The molecule has 10 nitrogen and oxygen atoms in total. The summed E-state index contributed by atoms with van der Waals surface area (Å²) < 4.78 is 35.4. The van der Waals surface area contributed by atoms with Gasteiger partial charge in [0.15, 0.2) is 36.8 Å². The van der Waals surface area contributed by atoms with Crippen LogP contribution >= 0.6 is 0 Å². The fourth-order valence-electron chi connectivity index (χ4n) is 4.41. The summed E-state index contributed by atoms with van der Waals surface area (Å²) in [5.74, 6) is 0. The van der Waals surface area contributed by atoms with Crippen LogP contribution in [0.1, 0.15) is 80.3 Å². The lowest BCUT2D eigenvalue weighted by Gasteiger charge is -2.44. The Balaban J connectivity index is 2.19. The molecular weight excluding hydrogens is 609 g/mol. The van der Waals surface area contributed by atoms with Crippen molar-refractivity contribution >= 4 is 36.1 Å². The number of aliphatic hydroxyl groups excluding tert-OH is 1. The Hall–Kier alpha value is -1.04. The van der Waals surface area contributed by atoms with Crippen LogP contribution in [0, 0.1) is 0 Å². The molecule has 2 aromatic rings. The van der Waals surface area contributed by atoms with Crippen LogP contribution in [0.25, 0.3) is 11.2 Å². The molecule has 0 aliphatic carbocycles. The van der Waals surface area contributed by atoms with Crippen molar-refractivity contribution in [2.45, 2.75) is 147 Å². The van der Waals surface area contributed by atoms with E-state index in [2.05, 4.69) is 117 Å². The van der Waals surface area contributed by atoms with Crippen molar-refractivity contribution in [3.63, 3.8) is 0 Å². The van der Waals surface area contributed by atoms with Crippen molar-refractivity contribution in [2.75, 3.05) is 20.3 Å². The van der Waals surface area contributed by atoms with E-state index < -0.39 is 43.4 Å². The highest BCUT2D eigenvalue weighted by Gasteiger charge is 2.55. The number of imidazole rings is 1. The first-order valence-corrected chi connectivity index (χ1v) is 24.6. The fraction of sp³-hybridized carbons (Fsp3) is 0.839. The highest BCUT2D eigenvalue weighted by atomic mass is 28.4. The maximum atomic E-state index is 10.7. The summed E-state index contributed by atoms with van der Waals surface area (Å²) in [6, 6.07) is 0. The molecule has 1 fully saturated rings. The number of ether oxygens (including phenoxy) is 2. The van der Waals surface area contributed by atoms with Gasteiger partial charge in [-0.25, -0.2) is 15.0 Å². The molecule has 0 aromatic carbocycles. The Morgan fingerprint density at radius 3 is 1.84 bits per heavy atom. The first-order valence-electron chi connectivity index (χ1n) is 15.8. The third kappa shape index (κ3) is 7.73. The van der Waals surface area contributed by atoms with Gasteiger partial charge in [0.25, 0.3) is 0 Å². The van der Waals surface area contributed by atoms with Gasteiger partial charge in [-0.15, -0.1) is 0 Å². The molecule has 1 aliphatic rings. The number of aliphatic hydroxyl groups is 1. The van der Waals surface area contributed by atoms with Gasteiger partial charge >= 0.3 is 0 Å². The zero-order valence-corrected chi connectivity index (χ0v) is 33.2. The predicted octanol–water partition coefficient (Wildman–Crippen LogP) is 7.21. The predicted molar refractivity (Wildman–Crippen MR) is 183 cm³/mol.